The van der Waals surface area contributed by atoms with Crippen LogP contribution in [0.2, 0.25) is 4.34 Å². The third-order valence-electron chi connectivity index (χ3n) is 4.32. The van der Waals surface area contributed by atoms with Crippen LogP contribution in [0, 0.1) is 0 Å². The number of aromatic nitrogens is 5. The van der Waals surface area contributed by atoms with Crippen LogP contribution in [0.25, 0.3) is 17.1 Å². The number of thiazole rings is 1. The third-order valence-corrected chi connectivity index (χ3v) is 6.22. The van der Waals surface area contributed by atoms with Gasteiger partial charge in [0.15, 0.2) is 5.82 Å². The summed E-state index contributed by atoms with van der Waals surface area (Å²) in [6, 6.07) is 9.39. The summed E-state index contributed by atoms with van der Waals surface area (Å²) in [6.45, 7) is 0. The fourth-order valence-electron chi connectivity index (χ4n) is 2.95. The number of anilines is 1. The van der Waals surface area contributed by atoms with Crippen LogP contribution in [0.4, 0.5) is 5.95 Å². The largest absolute Gasteiger partial charge is 0.494 e. The number of methoxy groups -OCH3 is 2. The van der Waals surface area contributed by atoms with Gasteiger partial charge in [-0.25, -0.2) is 4.98 Å². The summed E-state index contributed by atoms with van der Waals surface area (Å²) >= 11 is 8.95. The van der Waals surface area contributed by atoms with Gasteiger partial charge in [-0.05, 0) is 36.2 Å². The highest BCUT2D eigenvalue weighted by atomic mass is 35.5. The normalized spacial score (nSPS) is 10.8. The second-order valence-electron chi connectivity index (χ2n) is 6.19. The molecule has 0 aliphatic carbocycles. The van der Waals surface area contributed by atoms with Crippen LogP contribution in [-0.4, -0.2) is 44.7 Å². The van der Waals surface area contributed by atoms with Crippen LogP contribution in [0.1, 0.15) is 5.01 Å². The molecule has 4 rings (SSSR count). The Morgan fingerprint density at radius 3 is 2.55 bits per heavy atom. The number of nitrogens with one attached hydrogen (secondary N) is 1. The van der Waals surface area contributed by atoms with Crippen LogP contribution in [-0.2, 0) is 6.42 Å². The molecule has 3 heterocycles. The Kier molecular flexibility index (Phi) is 6.90. The molecular weight excluding hydrogens is 456 g/mol. The zero-order chi connectivity index (χ0) is 21.6. The molecular formula is C20H19ClN6O2S2. The SMILES string of the molecule is COc1cccc(OC)c1-n1c(NSCCc2ncc(Cl)s2)nnc1-c1cccnc1. The Hall–Kier alpha value is -2.82. The van der Waals surface area contributed by atoms with Crippen molar-refractivity contribution in [3.05, 3.63) is 58.3 Å². The molecule has 160 valence electrons. The van der Waals surface area contributed by atoms with E-state index in [2.05, 4.69) is 24.9 Å². The second kappa shape index (κ2) is 9.99. The molecule has 4 aromatic rings. The molecule has 11 heteroatoms. The van der Waals surface area contributed by atoms with Crippen molar-refractivity contribution in [3.63, 3.8) is 0 Å². The van der Waals surface area contributed by atoms with Crippen molar-refractivity contribution in [2.24, 2.45) is 0 Å². The minimum absolute atomic E-state index is 0.545. The first-order valence-electron chi connectivity index (χ1n) is 9.26. The van der Waals surface area contributed by atoms with Gasteiger partial charge in [0.05, 0.1) is 25.4 Å². The number of pyridine rings is 1. The van der Waals surface area contributed by atoms with Gasteiger partial charge in [0.25, 0.3) is 0 Å². The summed E-state index contributed by atoms with van der Waals surface area (Å²) in [5, 5.41) is 9.78. The molecule has 1 aromatic carbocycles. The summed E-state index contributed by atoms with van der Waals surface area (Å²) in [5.74, 6) is 3.21. The molecule has 0 aliphatic rings. The highest BCUT2D eigenvalue weighted by Crippen LogP contribution is 2.37. The van der Waals surface area contributed by atoms with Gasteiger partial charge in [0.2, 0.25) is 5.95 Å². The monoisotopic (exact) mass is 474 g/mol. The van der Waals surface area contributed by atoms with E-state index in [1.54, 1.807) is 32.8 Å². The van der Waals surface area contributed by atoms with Crippen LogP contribution in [0.5, 0.6) is 11.5 Å². The van der Waals surface area contributed by atoms with Gasteiger partial charge in [-0.15, -0.1) is 21.5 Å². The molecule has 0 aliphatic heterocycles. The van der Waals surface area contributed by atoms with Crippen LogP contribution < -0.4 is 14.2 Å². The van der Waals surface area contributed by atoms with E-state index in [9.17, 15) is 0 Å². The number of para-hydroxylation sites is 1. The average molecular weight is 475 g/mol. The molecule has 3 aromatic heterocycles. The van der Waals surface area contributed by atoms with E-state index < -0.39 is 0 Å². The van der Waals surface area contributed by atoms with Crippen LogP contribution in [0.15, 0.2) is 48.9 Å². The summed E-state index contributed by atoms with van der Waals surface area (Å²) in [4.78, 5) is 8.50. The molecule has 0 unspecified atom stereocenters. The van der Waals surface area contributed by atoms with Gasteiger partial charge >= 0.3 is 0 Å². The zero-order valence-electron chi connectivity index (χ0n) is 16.8. The van der Waals surface area contributed by atoms with Gasteiger partial charge < -0.3 is 9.47 Å². The zero-order valence-corrected chi connectivity index (χ0v) is 19.2. The minimum atomic E-state index is 0.545. The lowest BCUT2D eigenvalue weighted by atomic mass is 10.2. The molecule has 0 atom stereocenters. The third kappa shape index (κ3) is 4.76. The number of benzene rings is 1. The quantitative estimate of drug-likeness (QED) is 0.274. The molecule has 0 saturated heterocycles. The number of halogens is 1. The number of rotatable bonds is 9. The van der Waals surface area contributed by atoms with E-state index in [0.29, 0.717) is 33.3 Å². The van der Waals surface area contributed by atoms with Gasteiger partial charge in [0.1, 0.15) is 21.5 Å². The minimum Gasteiger partial charge on any atom is -0.494 e. The van der Waals surface area contributed by atoms with Crippen molar-refractivity contribution in [1.29, 1.82) is 0 Å². The molecule has 0 spiro atoms. The summed E-state index contributed by atoms with van der Waals surface area (Å²) in [6.07, 6.45) is 5.92. The molecule has 8 nitrogen and oxygen atoms in total. The van der Waals surface area contributed by atoms with Crippen molar-refractivity contribution in [1.82, 2.24) is 24.7 Å². The lowest BCUT2D eigenvalue weighted by Gasteiger charge is -2.17. The number of aryl methyl sites for hydroxylation is 1. The van der Waals surface area contributed by atoms with E-state index in [0.717, 1.165) is 22.7 Å². The molecule has 0 bridgehead atoms. The predicted molar refractivity (Wildman–Crippen MR) is 125 cm³/mol. The fraction of sp³-hybridized carbons (Fsp3) is 0.200. The lowest BCUT2D eigenvalue weighted by molar-refractivity contribution is 0.391. The summed E-state index contributed by atoms with van der Waals surface area (Å²) in [7, 11) is 3.24. The van der Waals surface area contributed by atoms with Gasteiger partial charge in [0, 0.05) is 30.1 Å². The number of nitrogens with zero attached hydrogens (tertiary/aromatic N) is 5. The van der Waals surface area contributed by atoms with Crippen LogP contribution >= 0.6 is 34.9 Å². The first kappa shape index (κ1) is 21.4. The van der Waals surface area contributed by atoms with Gasteiger partial charge in [-0.1, -0.05) is 17.7 Å². The smallest absolute Gasteiger partial charge is 0.239 e. The van der Waals surface area contributed by atoms with E-state index in [1.807, 2.05) is 34.9 Å². The topological polar surface area (TPSA) is 87.0 Å². The Morgan fingerprint density at radius 1 is 1.10 bits per heavy atom. The Labute approximate surface area is 192 Å². The molecule has 0 saturated carbocycles. The maximum absolute atomic E-state index is 5.96. The first-order chi connectivity index (χ1) is 15.2. The van der Waals surface area contributed by atoms with E-state index in [4.69, 9.17) is 21.1 Å². The maximum Gasteiger partial charge on any atom is 0.239 e. The fourth-order valence-corrected chi connectivity index (χ4v) is 4.70. The van der Waals surface area contributed by atoms with E-state index >= 15 is 0 Å². The van der Waals surface area contributed by atoms with Crippen molar-refractivity contribution >= 4 is 40.8 Å². The van der Waals surface area contributed by atoms with Crippen molar-refractivity contribution in [2.75, 3.05) is 24.7 Å². The summed E-state index contributed by atoms with van der Waals surface area (Å²) < 4.78 is 17.1. The Morgan fingerprint density at radius 2 is 1.90 bits per heavy atom. The van der Waals surface area contributed by atoms with Crippen molar-refractivity contribution in [3.8, 4) is 28.6 Å². The van der Waals surface area contributed by atoms with Gasteiger partial charge in [-0.2, -0.15) is 0 Å². The van der Waals surface area contributed by atoms with Crippen molar-refractivity contribution < 1.29 is 9.47 Å². The maximum atomic E-state index is 5.96. The molecule has 0 radical (unpaired) electrons. The summed E-state index contributed by atoms with van der Waals surface area (Å²) in [5.41, 5.74) is 1.52. The molecule has 1 N–H and O–H groups in total. The standard InChI is InChI=1S/C20H19ClN6O2S2/c1-28-14-6-3-7-15(29-2)18(14)27-19(13-5-4-9-22-11-13)24-25-20(27)26-30-10-8-17-23-12-16(21)31-17/h3-7,9,11-12H,8,10H2,1-2H3,(H,25,26). The Balaban J connectivity index is 1.68. The molecule has 0 amide bonds. The number of ether oxygens (including phenoxy) is 2. The van der Waals surface area contributed by atoms with Crippen molar-refractivity contribution in [2.45, 2.75) is 6.42 Å². The number of hydrogen-bond acceptors (Lipinski definition) is 9. The lowest BCUT2D eigenvalue weighted by Crippen LogP contribution is -2.07. The van der Waals surface area contributed by atoms with Crippen LogP contribution in [0.3, 0.4) is 0 Å². The highest BCUT2D eigenvalue weighted by Gasteiger charge is 2.22. The first-order valence-corrected chi connectivity index (χ1v) is 11.4. The Bertz CT molecular complexity index is 1130. The second-order valence-corrected chi connectivity index (χ2v) is 8.84. The molecule has 0 fully saturated rings. The average Bonchev–Trinajstić information content (AvgIpc) is 3.42. The van der Waals surface area contributed by atoms with E-state index in [-0.39, 0.29) is 0 Å². The highest BCUT2D eigenvalue weighted by molar-refractivity contribution is 8.00. The number of hydrogen-bond donors (Lipinski definition) is 1. The molecule has 31 heavy (non-hydrogen) atoms. The predicted octanol–water partition coefficient (Wildman–Crippen LogP) is 4.76. The van der Waals surface area contributed by atoms with Gasteiger partial charge in [-0.3, -0.25) is 14.3 Å². The van der Waals surface area contributed by atoms with E-state index in [1.165, 1.54) is 23.3 Å².